The Hall–Kier alpha value is -1.52. The number of aromatic nitrogens is 3. The summed E-state index contributed by atoms with van der Waals surface area (Å²) in [5.41, 5.74) is -0.479. The van der Waals surface area contributed by atoms with E-state index in [4.69, 9.17) is 4.74 Å². The van der Waals surface area contributed by atoms with Crippen molar-refractivity contribution in [3.8, 4) is 0 Å². The van der Waals surface area contributed by atoms with Gasteiger partial charge in [0.05, 0.1) is 13.2 Å². The van der Waals surface area contributed by atoms with E-state index in [0.717, 1.165) is 4.68 Å². The fourth-order valence-corrected chi connectivity index (χ4v) is 3.40. The molecule has 0 saturated carbocycles. The average Bonchev–Trinajstić information content (AvgIpc) is 2.93. The fraction of sp³-hybridized carbons (Fsp3) is 0.769. The maximum Gasteiger partial charge on any atom is 0.346 e. The summed E-state index contributed by atoms with van der Waals surface area (Å²) in [7, 11) is -0.848. The Kier molecular flexibility index (Phi) is 4.79. The standard InChI is InChI=1S/C13H23N5O4S/c1-13(2,3)10-14-11(18(15-10)12(19)16(4)5)23(20,21)17-6-8-22-9-7-17/h6-9H2,1-5H3. The van der Waals surface area contributed by atoms with Crippen LogP contribution in [-0.4, -0.2) is 78.8 Å². The van der Waals surface area contributed by atoms with E-state index in [0.29, 0.717) is 19.0 Å². The molecule has 0 atom stereocenters. The average molecular weight is 345 g/mol. The molecule has 1 fully saturated rings. The molecule has 1 amide bonds. The molecule has 2 rings (SSSR count). The van der Waals surface area contributed by atoms with E-state index in [-0.39, 0.29) is 18.2 Å². The normalized spacial score (nSPS) is 17.3. The number of carbonyl (C=O) groups excluding carboxylic acids is 1. The van der Waals surface area contributed by atoms with E-state index in [1.165, 1.54) is 23.3 Å². The molecule has 1 aliphatic heterocycles. The minimum atomic E-state index is -3.92. The molecular weight excluding hydrogens is 322 g/mol. The van der Waals surface area contributed by atoms with Gasteiger partial charge in [-0.15, -0.1) is 9.78 Å². The van der Waals surface area contributed by atoms with Crippen molar-refractivity contribution in [2.75, 3.05) is 40.4 Å². The fourth-order valence-electron chi connectivity index (χ4n) is 2.00. The molecule has 130 valence electrons. The summed E-state index contributed by atoms with van der Waals surface area (Å²) in [6.07, 6.45) is 0. The van der Waals surface area contributed by atoms with Crippen LogP contribution < -0.4 is 0 Å². The number of amides is 1. The summed E-state index contributed by atoms with van der Waals surface area (Å²) < 4.78 is 33.0. The monoisotopic (exact) mass is 345 g/mol. The Bertz CT molecular complexity index is 684. The number of hydrogen-bond donors (Lipinski definition) is 0. The van der Waals surface area contributed by atoms with Crippen molar-refractivity contribution >= 4 is 16.1 Å². The first-order valence-electron chi connectivity index (χ1n) is 7.32. The molecule has 0 bridgehead atoms. The van der Waals surface area contributed by atoms with Crippen LogP contribution in [0.2, 0.25) is 0 Å². The van der Waals surface area contributed by atoms with Crippen LogP contribution in [0.4, 0.5) is 4.79 Å². The first-order valence-corrected chi connectivity index (χ1v) is 8.76. The molecule has 1 saturated heterocycles. The van der Waals surface area contributed by atoms with Crippen LogP contribution in [-0.2, 0) is 20.2 Å². The van der Waals surface area contributed by atoms with Crippen molar-refractivity contribution in [1.29, 1.82) is 0 Å². The van der Waals surface area contributed by atoms with Crippen molar-refractivity contribution in [3.05, 3.63) is 5.82 Å². The summed E-state index contributed by atoms with van der Waals surface area (Å²) in [6.45, 7) is 6.68. The number of sulfonamides is 1. The van der Waals surface area contributed by atoms with Gasteiger partial charge in [0.25, 0.3) is 15.2 Å². The quantitative estimate of drug-likeness (QED) is 0.755. The van der Waals surface area contributed by atoms with Crippen molar-refractivity contribution in [2.24, 2.45) is 0 Å². The lowest BCUT2D eigenvalue weighted by Gasteiger charge is -2.25. The lowest BCUT2D eigenvalue weighted by molar-refractivity contribution is 0.0727. The van der Waals surface area contributed by atoms with Gasteiger partial charge in [0, 0.05) is 32.6 Å². The molecular formula is C13H23N5O4S. The van der Waals surface area contributed by atoms with Crippen LogP contribution in [0, 0.1) is 0 Å². The Morgan fingerprint density at radius 2 is 1.78 bits per heavy atom. The van der Waals surface area contributed by atoms with E-state index in [1.807, 2.05) is 20.8 Å². The van der Waals surface area contributed by atoms with Crippen LogP contribution in [0.25, 0.3) is 0 Å². The van der Waals surface area contributed by atoms with E-state index in [9.17, 15) is 13.2 Å². The second-order valence-corrected chi connectivity index (χ2v) is 8.40. The maximum absolute atomic E-state index is 12.9. The largest absolute Gasteiger partial charge is 0.379 e. The van der Waals surface area contributed by atoms with Gasteiger partial charge in [0.1, 0.15) is 0 Å². The number of hydrogen-bond acceptors (Lipinski definition) is 6. The third kappa shape index (κ3) is 3.54. The lowest BCUT2D eigenvalue weighted by Crippen LogP contribution is -2.42. The van der Waals surface area contributed by atoms with Crippen LogP contribution >= 0.6 is 0 Å². The molecule has 0 N–H and O–H groups in total. The molecule has 1 aliphatic rings. The van der Waals surface area contributed by atoms with Gasteiger partial charge in [-0.1, -0.05) is 20.8 Å². The zero-order valence-electron chi connectivity index (χ0n) is 14.1. The van der Waals surface area contributed by atoms with Gasteiger partial charge in [-0.05, 0) is 0 Å². The molecule has 1 aromatic rings. The predicted octanol–water partition coefficient (Wildman–Crippen LogP) is 0.126. The first-order chi connectivity index (χ1) is 10.5. The van der Waals surface area contributed by atoms with Gasteiger partial charge in [-0.3, -0.25) is 0 Å². The van der Waals surface area contributed by atoms with Crippen molar-refractivity contribution in [2.45, 2.75) is 31.3 Å². The molecule has 23 heavy (non-hydrogen) atoms. The van der Waals surface area contributed by atoms with Gasteiger partial charge < -0.3 is 9.64 Å². The van der Waals surface area contributed by atoms with Crippen LogP contribution in [0.15, 0.2) is 5.16 Å². The summed E-state index contributed by atoms with van der Waals surface area (Å²) in [6, 6.07) is -0.556. The highest BCUT2D eigenvalue weighted by molar-refractivity contribution is 7.89. The van der Waals surface area contributed by atoms with E-state index in [1.54, 1.807) is 0 Å². The van der Waals surface area contributed by atoms with Gasteiger partial charge >= 0.3 is 6.03 Å². The highest BCUT2D eigenvalue weighted by Crippen LogP contribution is 2.22. The summed E-state index contributed by atoms with van der Waals surface area (Å²) >= 11 is 0. The minimum Gasteiger partial charge on any atom is -0.379 e. The predicted molar refractivity (Wildman–Crippen MR) is 82.8 cm³/mol. The van der Waals surface area contributed by atoms with E-state index >= 15 is 0 Å². The van der Waals surface area contributed by atoms with E-state index in [2.05, 4.69) is 10.1 Å². The zero-order valence-corrected chi connectivity index (χ0v) is 14.9. The third-order valence-corrected chi connectivity index (χ3v) is 5.12. The molecule has 0 aliphatic carbocycles. The highest BCUT2D eigenvalue weighted by Gasteiger charge is 2.36. The van der Waals surface area contributed by atoms with Crippen molar-refractivity contribution in [1.82, 2.24) is 24.0 Å². The minimum absolute atomic E-state index is 0.232. The highest BCUT2D eigenvalue weighted by atomic mass is 32.2. The maximum atomic E-state index is 12.9. The van der Waals surface area contributed by atoms with E-state index < -0.39 is 21.5 Å². The molecule has 1 aromatic heterocycles. The topological polar surface area (TPSA) is 97.6 Å². The van der Waals surface area contributed by atoms with Gasteiger partial charge in [0.15, 0.2) is 5.82 Å². The molecule has 0 unspecified atom stereocenters. The molecule has 0 radical (unpaired) electrons. The van der Waals surface area contributed by atoms with Crippen molar-refractivity contribution in [3.63, 3.8) is 0 Å². The summed E-state index contributed by atoms with van der Waals surface area (Å²) in [4.78, 5) is 17.7. The smallest absolute Gasteiger partial charge is 0.346 e. The van der Waals surface area contributed by atoms with Gasteiger partial charge in [-0.25, -0.2) is 13.2 Å². The van der Waals surface area contributed by atoms with Crippen LogP contribution in [0.5, 0.6) is 0 Å². The Balaban J connectivity index is 2.55. The second-order valence-electron chi connectivity index (χ2n) is 6.57. The summed E-state index contributed by atoms with van der Waals surface area (Å²) in [5.74, 6) is 0.305. The Morgan fingerprint density at radius 1 is 1.22 bits per heavy atom. The second kappa shape index (κ2) is 6.17. The molecule has 10 heteroatoms. The summed E-state index contributed by atoms with van der Waals surface area (Å²) in [5, 5.41) is 3.80. The van der Waals surface area contributed by atoms with Crippen molar-refractivity contribution < 1.29 is 17.9 Å². The number of nitrogens with zero attached hydrogens (tertiary/aromatic N) is 5. The number of morpholine rings is 1. The third-order valence-electron chi connectivity index (χ3n) is 3.35. The molecule has 0 spiro atoms. The zero-order chi connectivity index (χ0) is 17.4. The lowest BCUT2D eigenvalue weighted by atomic mass is 9.96. The Labute approximate surface area is 136 Å². The number of ether oxygens (including phenoxy) is 1. The number of rotatable bonds is 2. The molecule has 2 heterocycles. The van der Waals surface area contributed by atoms with Crippen LogP contribution in [0.1, 0.15) is 26.6 Å². The van der Waals surface area contributed by atoms with Gasteiger partial charge in [-0.2, -0.15) is 9.29 Å². The number of carbonyl (C=O) groups is 1. The SMILES string of the molecule is CN(C)C(=O)n1nc(C(C)(C)C)nc1S(=O)(=O)N1CCOCC1. The Morgan fingerprint density at radius 3 is 2.26 bits per heavy atom. The van der Waals surface area contributed by atoms with Crippen LogP contribution in [0.3, 0.4) is 0 Å². The van der Waals surface area contributed by atoms with Gasteiger partial charge in [0.2, 0.25) is 0 Å². The molecule has 0 aromatic carbocycles. The first kappa shape index (κ1) is 17.8. The molecule has 9 nitrogen and oxygen atoms in total.